The van der Waals surface area contributed by atoms with Crippen LogP contribution in [-0.2, 0) is 6.54 Å². The Bertz CT molecular complexity index is 728. The summed E-state index contributed by atoms with van der Waals surface area (Å²) < 4.78 is 1.96. The Morgan fingerprint density at radius 1 is 1.00 bits per heavy atom. The van der Waals surface area contributed by atoms with E-state index in [2.05, 4.69) is 0 Å². The summed E-state index contributed by atoms with van der Waals surface area (Å²) in [5, 5.41) is 1.79. The zero-order valence-electron chi connectivity index (χ0n) is 10.2. The molecule has 3 aromatic rings. The molecule has 94 valence electrons. The van der Waals surface area contributed by atoms with Crippen molar-refractivity contribution < 1.29 is 4.79 Å². The van der Waals surface area contributed by atoms with Gasteiger partial charge in [-0.05, 0) is 41.8 Å². The first-order valence-electron chi connectivity index (χ1n) is 6.07. The zero-order chi connectivity index (χ0) is 13.2. The molecule has 0 N–H and O–H groups in total. The summed E-state index contributed by atoms with van der Waals surface area (Å²) in [6.45, 7) is 0.342. The number of halogens is 1. The third-order valence-corrected chi connectivity index (χ3v) is 3.41. The maximum atomic E-state index is 12.2. The number of carbonyl (C=O) groups excluding carboxylic acids is 1. The van der Waals surface area contributed by atoms with Gasteiger partial charge < -0.3 is 4.57 Å². The lowest BCUT2D eigenvalue weighted by Gasteiger charge is -2.05. The van der Waals surface area contributed by atoms with E-state index in [1.54, 1.807) is 24.3 Å². The molecule has 0 atom stereocenters. The number of carbonyl (C=O) groups is 1. The summed E-state index contributed by atoms with van der Waals surface area (Å²) in [6.07, 6.45) is 1.94. The number of hydrogen-bond acceptors (Lipinski definition) is 1. The zero-order valence-corrected chi connectivity index (χ0v) is 11.0. The molecule has 0 fully saturated rings. The molecule has 1 heterocycles. The second kappa shape index (κ2) is 4.90. The second-order valence-corrected chi connectivity index (χ2v) is 4.87. The number of fused-ring (bicyclic) bond motifs is 1. The van der Waals surface area contributed by atoms with Crippen LogP contribution in [0.2, 0.25) is 5.02 Å². The van der Waals surface area contributed by atoms with Gasteiger partial charge in [0.2, 0.25) is 0 Å². The third-order valence-electron chi connectivity index (χ3n) is 3.16. The molecule has 0 aliphatic heterocycles. The molecule has 0 amide bonds. The first kappa shape index (κ1) is 12.0. The smallest absolute Gasteiger partial charge is 0.182 e. The molecule has 0 radical (unpaired) electrons. The van der Waals surface area contributed by atoms with Crippen LogP contribution >= 0.6 is 11.6 Å². The highest BCUT2D eigenvalue weighted by Gasteiger charge is 2.08. The van der Waals surface area contributed by atoms with E-state index in [1.165, 1.54) is 0 Å². The van der Waals surface area contributed by atoms with Crippen LogP contribution in [0.15, 0.2) is 60.8 Å². The van der Waals surface area contributed by atoms with Gasteiger partial charge in [0.05, 0.1) is 6.54 Å². The number of ketones is 1. The molecule has 19 heavy (non-hydrogen) atoms. The Morgan fingerprint density at radius 3 is 2.53 bits per heavy atom. The van der Waals surface area contributed by atoms with Crippen LogP contribution < -0.4 is 0 Å². The second-order valence-electron chi connectivity index (χ2n) is 4.43. The van der Waals surface area contributed by atoms with Gasteiger partial charge in [-0.25, -0.2) is 0 Å². The average molecular weight is 270 g/mol. The van der Waals surface area contributed by atoms with Crippen molar-refractivity contribution in [3.63, 3.8) is 0 Å². The molecule has 0 saturated heterocycles. The van der Waals surface area contributed by atoms with Gasteiger partial charge in [-0.15, -0.1) is 0 Å². The molecule has 2 nitrogen and oxygen atoms in total. The topological polar surface area (TPSA) is 22.0 Å². The molecule has 3 heteroatoms. The van der Waals surface area contributed by atoms with Gasteiger partial charge in [0.15, 0.2) is 5.78 Å². The average Bonchev–Trinajstić information content (AvgIpc) is 2.83. The van der Waals surface area contributed by atoms with E-state index in [-0.39, 0.29) is 5.78 Å². The number of hydrogen-bond donors (Lipinski definition) is 0. The van der Waals surface area contributed by atoms with Gasteiger partial charge in [-0.3, -0.25) is 4.79 Å². The molecule has 3 rings (SSSR count). The fourth-order valence-electron chi connectivity index (χ4n) is 2.16. The number of nitrogens with zero attached hydrogens (tertiary/aromatic N) is 1. The van der Waals surface area contributed by atoms with Gasteiger partial charge in [-0.2, -0.15) is 0 Å². The predicted molar refractivity (Wildman–Crippen MR) is 77.7 cm³/mol. The highest BCUT2D eigenvalue weighted by Crippen LogP contribution is 2.16. The molecule has 0 spiro atoms. The number of para-hydroxylation sites is 1. The summed E-state index contributed by atoms with van der Waals surface area (Å²) >= 11 is 5.82. The van der Waals surface area contributed by atoms with Gasteiger partial charge >= 0.3 is 0 Å². The van der Waals surface area contributed by atoms with Crippen LogP contribution in [0.4, 0.5) is 0 Å². The summed E-state index contributed by atoms with van der Waals surface area (Å²) in [5.74, 6) is 0.0815. The Hall–Kier alpha value is -2.06. The summed E-state index contributed by atoms with van der Waals surface area (Å²) in [4.78, 5) is 12.2. The lowest BCUT2D eigenvalue weighted by molar-refractivity contribution is 0.0973. The number of benzene rings is 2. The highest BCUT2D eigenvalue weighted by atomic mass is 35.5. The van der Waals surface area contributed by atoms with Crippen molar-refractivity contribution >= 4 is 28.3 Å². The lowest BCUT2D eigenvalue weighted by Crippen LogP contribution is -2.09. The van der Waals surface area contributed by atoms with Crippen molar-refractivity contribution in [2.45, 2.75) is 6.54 Å². The molecule has 0 unspecified atom stereocenters. The van der Waals surface area contributed by atoms with E-state index in [4.69, 9.17) is 11.6 Å². The molecule has 0 aliphatic carbocycles. The fraction of sp³-hybridized carbons (Fsp3) is 0.0625. The lowest BCUT2D eigenvalue weighted by atomic mass is 10.1. The first-order valence-corrected chi connectivity index (χ1v) is 6.44. The fourth-order valence-corrected chi connectivity index (χ4v) is 2.29. The molecule has 0 bridgehead atoms. The van der Waals surface area contributed by atoms with Crippen molar-refractivity contribution in [2.75, 3.05) is 0 Å². The van der Waals surface area contributed by atoms with Crippen LogP contribution in [0.1, 0.15) is 10.4 Å². The van der Waals surface area contributed by atoms with E-state index in [0.717, 1.165) is 10.9 Å². The monoisotopic (exact) mass is 269 g/mol. The largest absolute Gasteiger partial charge is 0.340 e. The normalized spacial score (nSPS) is 10.8. The molecular weight excluding hydrogens is 258 g/mol. The summed E-state index contributed by atoms with van der Waals surface area (Å²) in [5.41, 5.74) is 1.76. The van der Waals surface area contributed by atoms with Crippen molar-refractivity contribution in [3.8, 4) is 0 Å². The Balaban J connectivity index is 1.89. The predicted octanol–water partition coefficient (Wildman–Crippen LogP) is 4.18. The quantitative estimate of drug-likeness (QED) is 0.654. The minimum atomic E-state index is 0.0815. The van der Waals surface area contributed by atoms with E-state index in [9.17, 15) is 4.79 Å². The summed E-state index contributed by atoms with van der Waals surface area (Å²) in [6, 6.07) is 17.0. The van der Waals surface area contributed by atoms with Crippen molar-refractivity contribution in [1.29, 1.82) is 0 Å². The highest BCUT2D eigenvalue weighted by molar-refractivity contribution is 6.30. The Labute approximate surface area is 116 Å². The maximum absolute atomic E-state index is 12.2. The first-order chi connectivity index (χ1) is 9.24. The molecule has 0 aliphatic rings. The molecule has 1 aromatic heterocycles. The Morgan fingerprint density at radius 2 is 1.74 bits per heavy atom. The van der Waals surface area contributed by atoms with E-state index in [0.29, 0.717) is 17.1 Å². The summed E-state index contributed by atoms with van der Waals surface area (Å²) in [7, 11) is 0. The third kappa shape index (κ3) is 2.40. The van der Waals surface area contributed by atoms with Crippen molar-refractivity contribution in [2.24, 2.45) is 0 Å². The molecule has 2 aromatic carbocycles. The van der Waals surface area contributed by atoms with Crippen LogP contribution in [0, 0.1) is 0 Å². The van der Waals surface area contributed by atoms with E-state index < -0.39 is 0 Å². The molecule has 0 saturated carbocycles. The van der Waals surface area contributed by atoms with Crippen LogP contribution in [-0.4, -0.2) is 10.4 Å². The van der Waals surface area contributed by atoms with E-state index >= 15 is 0 Å². The minimum absolute atomic E-state index is 0.0815. The Kier molecular flexibility index (Phi) is 3.10. The number of Topliss-reactive ketones (excluding diaryl/α,β-unsaturated/α-hetero) is 1. The van der Waals surface area contributed by atoms with Gasteiger partial charge in [0.25, 0.3) is 0 Å². The van der Waals surface area contributed by atoms with Crippen LogP contribution in [0.5, 0.6) is 0 Å². The van der Waals surface area contributed by atoms with Crippen LogP contribution in [0.25, 0.3) is 10.9 Å². The van der Waals surface area contributed by atoms with Crippen molar-refractivity contribution in [3.05, 3.63) is 71.4 Å². The van der Waals surface area contributed by atoms with Gasteiger partial charge in [-0.1, -0.05) is 29.8 Å². The standard InChI is InChI=1S/C16H12ClNO/c17-14-7-5-13(6-8-14)16(19)11-18-10-9-12-3-1-2-4-15(12)18/h1-10H,11H2. The maximum Gasteiger partial charge on any atom is 0.182 e. The van der Waals surface area contributed by atoms with Crippen molar-refractivity contribution in [1.82, 2.24) is 4.57 Å². The number of rotatable bonds is 3. The van der Waals surface area contributed by atoms with Gasteiger partial charge in [0.1, 0.15) is 0 Å². The minimum Gasteiger partial charge on any atom is -0.340 e. The SMILES string of the molecule is O=C(Cn1ccc2ccccc21)c1ccc(Cl)cc1. The number of aromatic nitrogens is 1. The van der Waals surface area contributed by atoms with E-state index in [1.807, 2.05) is 41.1 Å². The molecular formula is C16H12ClNO. The van der Waals surface area contributed by atoms with Crippen LogP contribution in [0.3, 0.4) is 0 Å². The van der Waals surface area contributed by atoms with Gasteiger partial charge in [0, 0.05) is 22.3 Å².